The Hall–Kier alpha value is -0.900. The minimum atomic E-state index is -0.710. The molecule has 3 heteroatoms. The Labute approximate surface area is 126 Å². The van der Waals surface area contributed by atoms with Gasteiger partial charge in [0.1, 0.15) is 0 Å². The van der Waals surface area contributed by atoms with Crippen LogP contribution in [0.1, 0.15) is 62.0 Å². The average molecular weight is 288 g/mol. The highest BCUT2D eigenvalue weighted by molar-refractivity contribution is 5.30. The largest absolute Gasteiger partial charge is 0.385 e. The van der Waals surface area contributed by atoms with Gasteiger partial charge in [-0.05, 0) is 42.7 Å². The fourth-order valence-corrected chi connectivity index (χ4v) is 3.93. The van der Waals surface area contributed by atoms with Gasteiger partial charge >= 0.3 is 0 Å². The van der Waals surface area contributed by atoms with Crippen LogP contribution in [0.2, 0.25) is 0 Å². The van der Waals surface area contributed by atoms with Gasteiger partial charge in [0.25, 0.3) is 0 Å². The van der Waals surface area contributed by atoms with Gasteiger partial charge in [0.2, 0.25) is 0 Å². The van der Waals surface area contributed by atoms with Crippen LogP contribution in [0.15, 0.2) is 24.3 Å². The molecule has 3 aliphatic rings. The third kappa shape index (κ3) is 2.41. The topological polar surface area (TPSA) is 38.7 Å². The Morgan fingerprint density at radius 3 is 2.05 bits per heavy atom. The van der Waals surface area contributed by atoms with Crippen molar-refractivity contribution in [3.8, 4) is 0 Å². The van der Waals surface area contributed by atoms with Crippen molar-refractivity contribution in [1.82, 2.24) is 0 Å². The van der Waals surface area contributed by atoms with Crippen molar-refractivity contribution >= 4 is 0 Å². The summed E-state index contributed by atoms with van der Waals surface area (Å²) in [5.41, 5.74) is 1.78. The minimum absolute atomic E-state index is 0.405. The van der Waals surface area contributed by atoms with E-state index < -0.39 is 11.4 Å². The molecule has 1 saturated heterocycles. The number of rotatable bonds is 2. The van der Waals surface area contributed by atoms with Crippen LogP contribution in [0.5, 0.6) is 0 Å². The van der Waals surface area contributed by atoms with E-state index >= 15 is 0 Å². The van der Waals surface area contributed by atoms with Crippen LogP contribution in [-0.2, 0) is 15.1 Å². The van der Waals surface area contributed by atoms with E-state index in [-0.39, 0.29) is 0 Å². The summed E-state index contributed by atoms with van der Waals surface area (Å²) in [4.78, 5) is 0. The fraction of sp³-hybridized carbons (Fsp3) is 0.667. The third-order valence-corrected chi connectivity index (χ3v) is 5.68. The SMILES string of the molecule is OC1(c2ccc(C3CCC3)cc2)CCC2(CC1)OCCO2. The lowest BCUT2D eigenvalue weighted by Gasteiger charge is -2.41. The van der Waals surface area contributed by atoms with Gasteiger partial charge in [-0.15, -0.1) is 0 Å². The molecule has 1 aromatic carbocycles. The van der Waals surface area contributed by atoms with E-state index in [0.29, 0.717) is 13.2 Å². The van der Waals surface area contributed by atoms with E-state index in [1.165, 1.54) is 24.8 Å². The summed E-state index contributed by atoms with van der Waals surface area (Å²) in [7, 11) is 0. The molecular formula is C18H24O3. The number of benzene rings is 1. The van der Waals surface area contributed by atoms with Crippen LogP contribution < -0.4 is 0 Å². The molecule has 3 fully saturated rings. The average Bonchev–Trinajstić information content (AvgIpc) is 2.91. The van der Waals surface area contributed by atoms with Crippen molar-refractivity contribution in [1.29, 1.82) is 0 Å². The predicted molar refractivity (Wildman–Crippen MR) is 80.0 cm³/mol. The number of hydrogen-bond donors (Lipinski definition) is 1. The molecule has 1 aliphatic heterocycles. The van der Waals surface area contributed by atoms with Crippen molar-refractivity contribution in [3.05, 3.63) is 35.4 Å². The predicted octanol–water partition coefficient (Wildman–Crippen LogP) is 3.46. The smallest absolute Gasteiger partial charge is 0.168 e. The first-order valence-corrected chi connectivity index (χ1v) is 8.30. The fourth-order valence-electron chi connectivity index (χ4n) is 3.93. The van der Waals surface area contributed by atoms with Crippen molar-refractivity contribution < 1.29 is 14.6 Å². The Balaban J connectivity index is 1.47. The molecule has 0 aromatic heterocycles. The van der Waals surface area contributed by atoms with E-state index in [1.54, 1.807) is 0 Å². The van der Waals surface area contributed by atoms with E-state index in [1.807, 2.05) is 0 Å². The van der Waals surface area contributed by atoms with Crippen LogP contribution in [0, 0.1) is 0 Å². The second-order valence-electron chi connectivity index (χ2n) is 6.89. The van der Waals surface area contributed by atoms with Crippen LogP contribution >= 0.6 is 0 Å². The molecule has 1 spiro atoms. The number of ether oxygens (including phenoxy) is 2. The Morgan fingerprint density at radius 1 is 0.905 bits per heavy atom. The maximum absolute atomic E-state index is 11.0. The summed E-state index contributed by atoms with van der Waals surface area (Å²) in [5.74, 6) is 0.349. The lowest BCUT2D eigenvalue weighted by molar-refractivity contribution is -0.204. The zero-order chi connectivity index (χ0) is 14.3. The van der Waals surface area contributed by atoms with Gasteiger partial charge in [-0.2, -0.15) is 0 Å². The summed E-state index contributed by atoms with van der Waals surface area (Å²) in [6, 6.07) is 8.68. The zero-order valence-corrected chi connectivity index (χ0v) is 12.5. The van der Waals surface area contributed by atoms with Gasteiger partial charge in [-0.3, -0.25) is 0 Å². The van der Waals surface area contributed by atoms with E-state index in [9.17, 15) is 5.11 Å². The Bertz CT molecular complexity index is 488. The maximum Gasteiger partial charge on any atom is 0.168 e. The molecule has 2 saturated carbocycles. The Morgan fingerprint density at radius 2 is 1.52 bits per heavy atom. The monoisotopic (exact) mass is 288 g/mol. The first-order chi connectivity index (χ1) is 10.2. The minimum Gasteiger partial charge on any atom is -0.385 e. The molecule has 21 heavy (non-hydrogen) atoms. The third-order valence-electron chi connectivity index (χ3n) is 5.68. The molecule has 2 aliphatic carbocycles. The summed E-state index contributed by atoms with van der Waals surface area (Å²) in [5, 5.41) is 11.0. The molecule has 1 N–H and O–H groups in total. The normalized spacial score (nSPS) is 27.7. The van der Waals surface area contributed by atoms with Crippen molar-refractivity contribution in [2.45, 2.75) is 62.3 Å². The van der Waals surface area contributed by atoms with Crippen molar-refractivity contribution in [2.24, 2.45) is 0 Å². The summed E-state index contributed by atoms with van der Waals surface area (Å²) >= 11 is 0. The first kappa shape index (κ1) is 13.7. The second kappa shape index (κ2) is 5.08. The molecule has 0 radical (unpaired) electrons. The zero-order valence-electron chi connectivity index (χ0n) is 12.5. The lowest BCUT2D eigenvalue weighted by Crippen LogP contribution is -2.42. The molecule has 0 unspecified atom stereocenters. The van der Waals surface area contributed by atoms with Gasteiger partial charge in [-0.1, -0.05) is 30.7 Å². The molecule has 3 nitrogen and oxygen atoms in total. The summed E-state index contributed by atoms with van der Waals surface area (Å²) in [6.07, 6.45) is 7.01. The van der Waals surface area contributed by atoms with E-state index in [4.69, 9.17) is 9.47 Å². The van der Waals surface area contributed by atoms with Crippen LogP contribution in [0.25, 0.3) is 0 Å². The van der Waals surface area contributed by atoms with Crippen LogP contribution in [0.3, 0.4) is 0 Å². The highest BCUT2D eigenvalue weighted by Gasteiger charge is 2.46. The van der Waals surface area contributed by atoms with Gasteiger partial charge in [0.15, 0.2) is 5.79 Å². The van der Waals surface area contributed by atoms with Gasteiger partial charge < -0.3 is 14.6 Å². The van der Waals surface area contributed by atoms with Gasteiger partial charge in [0, 0.05) is 12.8 Å². The summed E-state index contributed by atoms with van der Waals surface area (Å²) in [6.45, 7) is 1.38. The number of aliphatic hydroxyl groups is 1. The second-order valence-corrected chi connectivity index (χ2v) is 6.89. The van der Waals surface area contributed by atoms with E-state index in [2.05, 4.69) is 24.3 Å². The molecular weight excluding hydrogens is 264 g/mol. The summed E-state index contributed by atoms with van der Waals surface area (Å²) < 4.78 is 11.5. The molecule has 1 aromatic rings. The van der Waals surface area contributed by atoms with Gasteiger partial charge in [0.05, 0.1) is 18.8 Å². The van der Waals surface area contributed by atoms with Crippen molar-refractivity contribution in [3.63, 3.8) is 0 Å². The highest BCUT2D eigenvalue weighted by atomic mass is 16.7. The van der Waals surface area contributed by atoms with Crippen LogP contribution in [0.4, 0.5) is 0 Å². The molecule has 114 valence electrons. The number of hydrogen-bond acceptors (Lipinski definition) is 3. The van der Waals surface area contributed by atoms with Crippen LogP contribution in [-0.4, -0.2) is 24.1 Å². The van der Waals surface area contributed by atoms with Crippen molar-refractivity contribution in [2.75, 3.05) is 13.2 Å². The standard InChI is InChI=1S/C18H24O3/c19-17(8-10-18(11-9-17)20-12-13-21-18)16-6-4-15(5-7-16)14-2-1-3-14/h4-7,14,19H,1-3,8-13H2. The van der Waals surface area contributed by atoms with Gasteiger partial charge in [-0.25, -0.2) is 0 Å². The lowest BCUT2D eigenvalue weighted by atomic mass is 9.75. The molecule has 0 amide bonds. The molecule has 1 heterocycles. The molecule has 0 bridgehead atoms. The Kier molecular flexibility index (Phi) is 3.32. The highest BCUT2D eigenvalue weighted by Crippen LogP contribution is 2.45. The quantitative estimate of drug-likeness (QED) is 0.905. The molecule has 0 atom stereocenters. The maximum atomic E-state index is 11.0. The van der Waals surface area contributed by atoms with E-state index in [0.717, 1.165) is 37.2 Å². The molecule has 4 rings (SSSR count). The first-order valence-electron chi connectivity index (χ1n) is 8.30.